The minimum Gasteiger partial charge on any atom is -0.396 e. The highest BCUT2D eigenvalue weighted by Gasteiger charge is 2.18. The summed E-state index contributed by atoms with van der Waals surface area (Å²) in [5, 5.41) is 11.4. The molecule has 0 saturated carbocycles. The Morgan fingerprint density at radius 2 is 2.07 bits per heavy atom. The fraction of sp³-hybridized carbons (Fsp3) is 0.909. The van der Waals surface area contributed by atoms with Crippen LogP contribution in [0.25, 0.3) is 0 Å². The number of aliphatic hydroxyl groups is 1. The number of hydrogen-bond acceptors (Lipinski definition) is 3. The molecule has 1 amide bonds. The molecule has 0 aromatic rings. The molecule has 0 spiro atoms. The maximum Gasteiger partial charge on any atom is 0.220 e. The Morgan fingerprint density at radius 1 is 1.40 bits per heavy atom. The summed E-state index contributed by atoms with van der Waals surface area (Å²) in [7, 11) is 0. The summed E-state index contributed by atoms with van der Waals surface area (Å²) >= 11 is 0. The predicted molar refractivity (Wildman–Crippen MR) is 59.7 cm³/mol. The van der Waals surface area contributed by atoms with Crippen LogP contribution in [-0.2, 0) is 9.53 Å². The van der Waals surface area contributed by atoms with Gasteiger partial charge in [0.15, 0.2) is 0 Å². The fourth-order valence-electron chi connectivity index (χ4n) is 1.24. The quantitative estimate of drug-likeness (QED) is 0.598. The highest BCUT2D eigenvalue weighted by molar-refractivity contribution is 5.75. The Kier molecular flexibility index (Phi) is 7.34. The lowest BCUT2D eigenvalue weighted by Crippen LogP contribution is -2.40. The number of carbonyl (C=O) groups is 1. The molecule has 0 unspecified atom stereocenters. The molecular formula is C11H23NO3. The van der Waals surface area contributed by atoms with Gasteiger partial charge in [0.05, 0.1) is 5.60 Å². The maximum atomic E-state index is 11.3. The summed E-state index contributed by atoms with van der Waals surface area (Å²) in [5.41, 5.74) is -0.304. The van der Waals surface area contributed by atoms with Crippen molar-refractivity contribution in [3.05, 3.63) is 0 Å². The molecule has 0 radical (unpaired) electrons. The van der Waals surface area contributed by atoms with E-state index >= 15 is 0 Å². The number of ether oxygens (including phenoxy) is 1. The van der Waals surface area contributed by atoms with E-state index in [4.69, 9.17) is 9.84 Å². The Bertz CT molecular complexity index is 181. The largest absolute Gasteiger partial charge is 0.396 e. The molecule has 0 fully saturated rings. The zero-order valence-corrected chi connectivity index (χ0v) is 10.0. The van der Waals surface area contributed by atoms with Crippen LogP contribution in [0, 0.1) is 0 Å². The van der Waals surface area contributed by atoms with E-state index < -0.39 is 0 Å². The van der Waals surface area contributed by atoms with E-state index in [2.05, 4.69) is 5.32 Å². The second-order valence-corrected chi connectivity index (χ2v) is 4.15. The molecule has 0 aliphatic heterocycles. The highest BCUT2D eigenvalue weighted by atomic mass is 16.5. The third-order valence-corrected chi connectivity index (χ3v) is 2.06. The Balaban J connectivity index is 3.60. The first kappa shape index (κ1) is 14.4. The van der Waals surface area contributed by atoms with Crippen molar-refractivity contribution in [1.82, 2.24) is 5.32 Å². The number of carbonyl (C=O) groups excluding carboxylic acids is 1. The first-order valence-corrected chi connectivity index (χ1v) is 5.53. The van der Waals surface area contributed by atoms with E-state index in [1.807, 2.05) is 20.8 Å². The summed E-state index contributed by atoms with van der Waals surface area (Å²) in [6.07, 6.45) is 1.89. The predicted octanol–water partition coefficient (Wildman–Crippen LogP) is 1.08. The van der Waals surface area contributed by atoms with E-state index in [0.717, 1.165) is 6.42 Å². The number of hydrogen-bond donors (Lipinski definition) is 2. The van der Waals surface area contributed by atoms with E-state index in [0.29, 0.717) is 26.0 Å². The topological polar surface area (TPSA) is 58.6 Å². The van der Waals surface area contributed by atoms with E-state index in [-0.39, 0.29) is 18.1 Å². The van der Waals surface area contributed by atoms with Gasteiger partial charge in [-0.2, -0.15) is 0 Å². The first-order chi connectivity index (χ1) is 7.02. The molecule has 0 aliphatic rings. The van der Waals surface area contributed by atoms with Crippen molar-refractivity contribution in [1.29, 1.82) is 0 Å². The summed E-state index contributed by atoms with van der Waals surface area (Å²) in [6, 6.07) is 0. The molecule has 0 aliphatic carbocycles. The van der Waals surface area contributed by atoms with E-state index in [1.165, 1.54) is 0 Å². The van der Waals surface area contributed by atoms with Crippen molar-refractivity contribution >= 4 is 5.91 Å². The average molecular weight is 217 g/mol. The van der Waals surface area contributed by atoms with Crippen LogP contribution in [0.2, 0.25) is 0 Å². The number of amides is 1. The van der Waals surface area contributed by atoms with Crippen molar-refractivity contribution in [2.75, 3.05) is 19.8 Å². The van der Waals surface area contributed by atoms with Crippen LogP contribution < -0.4 is 5.32 Å². The molecule has 0 rings (SSSR count). The molecule has 0 bridgehead atoms. The average Bonchev–Trinajstić information content (AvgIpc) is 2.15. The molecular weight excluding hydrogens is 194 g/mol. The number of aliphatic hydroxyl groups excluding tert-OH is 1. The lowest BCUT2D eigenvalue weighted by Gasteiger charge is -2.24. The summed E-state index contributed by atoms with van der Waals surface area (Å²) in [4.78, 5) is 11.3. The molecule has 0 heterocycles. The van der Waals surface area contributed by atoms with Crippen LogP contribution in [0.3, 0.4) is 0 Å². The summed E-state index contributed by atoms with van der Waals surface area (Å²) < 4.78 is 5.45. The van der Waals surface area contributed by atoms with Gasteiger partial charge < -0.3 is 15.2 Å². The maximum absolute atomic E-state index is 11.3. The Labute approximate surface area is 92.0 Å². The van der Waals surface area contributed by atoms with Gasteiger partial charge in [-0.3, -0.25) is 4.79 Å². The molecule has 4 nitrogen and oxygen atoms in total. The van der Waals surface area contributed by atoms with Gasteiger partial charge in [-0.25, -0.2) is 0 Å². The van der Waals surface area contributed by atoms with Crippen LogP contribution in [-0.4, -0.2) is 36.4 Å². The molecule has 0 aromatic carbocycles. The summed E-state index contributed by atoms with van der Waals surface area (Å²) in [5.74, 6) is 0.0243. The Hall–Kier alpha value is -0.610. The normalized spacial score (nSPS) is 11.5. The lowest BCUT2D eigenvalue weighted by molar-refractivity contribution is -0.122. The zero-order chi connectivity index (χ0) is 11.7. The van der Waals surface area contributed by atoms with Gasteiger partial charge in [0.25, 0.3) is 0 Å². The lowest BCUT2D eigenvalue weighted by atomic mass is 10.1. The molecule has 15 heavy (non-hydrogen) atoms. The van der Waals surface area contributed by atoms with Gasteiger partial charge in [0.1, 0.15) is 0 Å². The molecule has 2 N–H and O–H groups in total. The highest BCUT2D eigenvalue weighted by Crippen LogP contribution is 2.07. The van der Waals surface area contributed by atoms with Gasteiger partial charge >= 0.3 is 0 Å². The van der Waals surface area contributed by atoms with Gasteiger partial charge in [0.2, 0.25) is 5.91 Å². The molecule has 0 saturated heterocycles. The van der Waals surface area contributed by atoms with Crippen LogP contribution in [0.15, 0.2) is 0 Å². The standard InChI is InChI=1S/C11H23NO3/c1-4-15-11(2,3)9-12-10(14)7-5-6-8-13/h13H,4-9H2,1-3H3,(H,12,14). The number of unbranched alkanes of at least 4 members (excludes halogenated alkanes) is 1. The van der Waals surface area contributed by atoms with Crippen LogP contribution in [0.1, 0.15) is 40.0 Å². The second kappa shape index (κ2) is 7.65. The van der Waals surface area contributed by atoms with Gasteiger partial charge in [0, 0.05) is 26.2 Å². The van der Waals surface area contributed by atoms with E-state index in [9.17, 15) is 4.79 Å². The van der Waals surface area contributed by atoms with Crippen molar-refractivity contribution in [3.63, 3.8) is 0 Å². The SMILES string of the molecule is CCOC(C)(C)CNC(=O)CCCCO. The smallest absolute Gasteiger partial charge is 0.220 e. The monoisotopic (exact) mass is 217 g/mol. The minimum absolute atomic E-state index is 0.0243. The Morgan fingerprint density at radius 3 is 2.60 bits per heavy atom. The van der Waals surface area contributed by atoms with Crippen LogP contribution >= 0.6 is 0 Å². The number of nitrogens with one attached hydrogen (secondary N) is 1. The van der Waals surface area contributed by atoms with Crippen LogP contribution in [0.5, 0.6) is 0 Å². The molecule has 90 valence electrons. The zero-order valence-electron chi connectivity index (χ0n) is 10.0. The van der Waals surface area contributed by atoms with Gasteiger partial charge in [-0.05, 0) is 33.6 Å². The van der Waals surface area contributed by atoms with Crippen molar-refractivity contribution in [2.24, 2.45) is 0 Å². The molecule has 0 atom stereocenters. The van der Waals surface area contributed by atoms with Gasteiger partial charge in [-0.15, -0.1) is 0 Å². The van der Waals surface area contributed by atoms with Crippen molar-refractivity contribution < 1.29 is 14.6 Å². The summed E-state index contributed by atoms with van der Waals surface area (Å²) in [6.45, 7) is 7.16. The molecule has 0 aromatic heterocycles. The third-order valence-electron chi connectivity index (χ3n) is 2.06. The fourth-order valence-corrected chi connectivity index (χ4v) is 1.24. The van der Waals surface area contributed by atoms with E-state index in [1.54, 1.807) is 0 Å². The molecule has 4 heteroatoms. The number of rotatable bonds is 8. The van der Waals surface area contributed by atoms with Gasteiger partial charge in [-0.1, -0.05) is 0 Å². The van der Waals surface area contributed by atoms with Crippen molar-refractivity contribution in [3.8, 4) is 0 Å². The van der Waals surface area contributed by atoms with Crippen molar-refractivity contribution in [2.45, 2.75) is 45.6 Å². The van der Waals surface area contributed by atoms with Crippen LogP contribution in [0.4, 0.5) is 0 Å². The minimum atomic E-state index is -0.304. The second-order valence-electron chi connectivity index (χ2n) is 4.15. The first-order valence-electron chi connectivity index (χ1n) is 5.53. The third kappa shape index (κ3) is 8.39.